The van der Waals surface area contributed by atoms with Crippen molar-refractivity contribution in [2.24, 2.45) is 0 Å². The number of fused-ring (bicyclic) bond motifs is 1. The Morgan fingerprint density at radius 2 is 1.80 bits per heavy atom. The first-order chi connectivity index (χ1) is 23.2. The van der Waals surface area contributed by atoms with Crippen molar-refractivity contribution in [2.75, 3.05) is 11.8 Å². The van der Waals surface area contributed by atoms with Gasteiger partial charge in [0.05, 0.1) is 28.2 Å². The number of aromatic nitrogens is 2. The third-order valence-corrected chi connectivity index (χ3v) is 10.1. The number of ether oxygens (including phenoxy) is 2. The topological polar surface area (TPSA) is 144 Å². The predicted molar refractivity (Wildman–Crippen MR) is 184 cm³/mol. The number of amides is 1. The molecule has 13 heteroatoms. The van der Waals surface area contributed by atoms with Crippen molar-refractivity contribution < 1.29 is 27.1 Å². The van der Waals surface area contributed by atoms with Crippen LogP contribution in [-0.2, 0) is 34.3 Å². The molecular weight excluding hydrogens is 649 g/mol. The van der Waals surface area contributed by atoms with Crippen LogP contribution in [0.15, 0.2) is 65.7 Å². The van der Waals surface area contributed by atoms with Crippen LogP contribution in [-0.4, -0.2) is 46.9 Å². The fourth-order valence-corrected chi connectivity index (χ4v) is 7.31. The zero-order valence-electron chi connectivity index (χ0n) is 28.0. The first-order valence-corrected chi connectivity index (χ1v) is 17.7. The van der Waals surface area contributed by atoms with Crippen LogP contribution in [0.4, 0.5) is 14.9 Å². The van der Waals surface area contributed by atoms with Gasteiger partial charge < -0.3 is 14.4 Å². The molecule has 0 spiro atoms. The van der Waals surface area contributed by atoms with Gasteiger partial charge in [0.2, 0.25) is 10.0 Å². The number of carbonyl (C=O) groups excluding carboxylic acids is 1. The third kappa shape index (κ3) is 8.75. The highest BCUT2D eigenvalue weighted by molar-refractivity contribution is 7.93. The maximum Gasteiger partial charge on any atom is 0.410 e. The molecule has 1 fully saturated rings. The van der Waals surface area contributed by atoms with E-state index in [9.17, 15) is 27.7 Å². The van der Waals surface area contributed by atoms with Gasteiger partial charge in [-0.25, -0.2) is 22.6 Å². The molecule has 49 heavy (non-hydrogen) atoms. The number of rotatable bonds is 11. The molecule has 258 valence electrons. The van der Waals surface area contributed by atoms with Gasteiger partial charge in [0.25, 0.3) is 5.56 Å². The summed E-state index contributed by atoms with van der Waals surface area (Å²) in [4.78, 5) is 31.6. The van der Waals surface area contributed by atoms with Gasteiger partial charge in [-0.1, -0.05) is 37.1 Å². The van der Waals surface area contributed by atoms with E-state index in [-0.39, 0.29) is 27.9 Å². The molecule has 0 radical (unpaired) electrons. The van der Waals surface area contributed by atoms with E-state index in [1.54, 1.807) is 13.1 Å². The number of sulfonamides is 1. The van der Waals surface area contributed by atoms with Crippen molar-refractivity contribution in [2.45, 2.75) is 83.2 Å². The normalized spacial score (nSPS) is 13.6. The molecule has 5 rings (SSSR count). The minimum Gasteiger partial charge on any atom is -0.453 e. The summed E-state index contributed by atoms with van der Waals surface area (Å²) >= 11 is 0. The van der Waals surface area contributed by atoms with Crippen molar-refractivity contribution in [3.63, 3.8) is 0 Å². The summed E-state index contributed by atoms with van der Waals surface area (Å²) < 4.78 is 55.9. The summed E-state index contributed by atoms with van der Waals surface area (Å²) in [7, 11) is -2.09. The quantitative estimate of drug-likeness (QED) is 0.180. The van der Waals surface area contributed by atoms with E-state index in [1.807, 2.05) is 51.1 Å². The average Bonchev–Trinajstić information content (AvgIpc) is 3.61. The summed E-state index contributed by atoms with van der Waals surface area (Å²) in [6.07, 6.45) is 5.10. The molecule has 1 amide bonds. The number of benzene rings is 3. The SMILES string of the molecule is CN(Cc1ccc(CCCn2cnc3ccc(Oc4c(F)ccc(NS(=O)(=O)C5CCCC5)c4C#N)cc3c2=O)cc1)C(=O)OC(C)(C)C. The molecule has 11 nitrogen and oxygen atoms in total. The van der Waals surface area contributed by atoms with Crippen molar-refractivity contribution in [3.05, 3.63) is 93.8 Å². The molecule has 0 saturated heterocycles. The number of nitriles is 1. The Kier molecular flexibility index (Phi) is 10.6. The second-order valence-electron chi connectivity index (χ2n) is 13.2. The van der Waals surface area contributed by atoms with E-state index in [0.717, 1.165) is 30.0 Å². The lowest BCUT2D eigenvalue weighted by molar-refractivity contribution is 0.0285. The lowest BCUT2D eigenvalue weighted by Crippen LogP contribution is -2.33. The molecule has 1 aliphatic carbocycles. The number of aryl methyl sites for hydroxylation is 2. The van der Waals surface area contributed by atoms with Gasteiger partial charge in [-0.05, 0) is 87.9 Å². The zero-order valence-corrected chi connectivity index (χ0v) is 28.8. The minimum absolute atomic E-state index is 0.0709. The van der Waals surface area contributed by atoms with E-state index >= 15 is 0 Å². The number of anilines is 1. The molecule has 1 heterocycles. The van der Waals surface area contributed by atoms with Gasteiger partial charge in [0, 0.05) is 20.1 Å². The van der Waals surface area contributed by atoms with Crippen LogP contribution in [0.1, 0.15) is 69.6 Å². The van der Waals surface area contributed by atoms with Gasteiger partial charge in [0.15, 0.2) is 11.6 Å². The Morgan fingerprint density at radius 1 is 1.10 bits per heavy atom. The van der Waals surface area contributed by atoms with E-state index in [2.05, 4.69) is 9.71 Å². The van der Waals surface area contributed by atoms with Gasteiger partial charge in [-0.3, -0.25) is 14.1 Å². The maximum absolute atomic E-state index is 15.0. The number of nitrogens with one attached hydrogen (secondary N) is 1. The Labute approximate surface area is 285 Å². The van der Waals surface area contributed by atoms with Crippen LogP contribution in [0.2, 0.25) is 0 Å². The lowest BCUT2D eigenvalue weighted by Gasteiger charge is -2.24. The Morgan fingerprint density at radius 3 is 2.47 bits per heavy atom. The van der Waals surface area contributed by atoms with Crippen LogP contribution >= 0.6 is 0 Å². The largest absolute Gasteiger partial charge is 0.453 e. The standard InChI is InChI=1S/C36H40FN5O6S/c1-36(2,3)48-35(44)41(4)22-25-13-11-24(12-14-25)8-7-19-42-23-39-31-17-15-26(20-28(31)34(42)43)47-33-29(21-38)32(18-16-30(33)37)40-49(45,46)27-9-5-6-10-27/h11-18,20,23,27,40H,5-10,19,22H2,1-4H3. The molecule has 3 aromatic carbocycles. The predicted octanol–water partition coefficient (Wildman–Crippen LogP) is 6.88. The van der Waals surface area contributed by atoms with Crippen LogP contribution in [0, 0.1) is 17.1 Å². The second-order valence-corrected chi connectivity index (χ2v) is 15.2. The molecule has 1 aromatic heterocycles. The van der Waals surface area contributed by atoms with Gasteiger partial charge in [0.1, 0.15) is 23.0 Å². The monoisotopic (exact) mass is 689 g/mol. The molecule has 1 N–H and O–H groups in total. The third-order valence-electron chi connectivity index (χ3n) is 8.24. The molecule has 0 atom stereocenters. The van der Waals surface area contributed by atoms with Crippen molar-refractivity contribution in [1.29, 1.82) is 5.26 Å². The van der Waals surface area contributed by atoms with E-state index < -0.39 is 38.5 Å². The number of hydrogen-bond donors (Lipinski definition) is 1. The number of nitrogens with zero attached hydrogens (tertiary/aromatic N) is 4. The van der Waals surface area contributed by atoms with Crippen molar-refractivity contribution >= 4 is 32.7 Å². The Balaban J connectivity index is 1.26. The Bertz CT molecular complexity index is 2050. The summed E-state index contributed by atoms with van der Waals surface area (Å²) in [5.41, 5.74) is 1.21. The molecule has 1 saturated carbocycles. The molecular formula is C36H40FN5O6S. The average molecular weight is 690 g/mol. The second kappa shape index (κ2) is 14.7. The Hall–Kier alpha value is -4.96. The zero-order chi connectivity index (χ0) is 35.3. The molecule has 4 aromatic rings. The van der Waals surface area contributed by atoms with Crippen molar-refractivity contribution in [1.82, 2.24) is 14.5 Å². The van der Waals surface area contributed by atoms with Crippen LogP contribution < -0.4 is 15.0 Å². The van der Waals surface area contributed by atoms with Gasteiger partial charge >= 0.3 is 6.09 Å². The fourth-order valence-electron chi connectivity index (χ4n) is 5.71. The van der Waals surface area contributed by atoms with Crippen LogP contribution in [0.3, 0.4) is 0 Å². The number of halogens is 1. The first-order valence-electron chi connectivity index (χ1n) is 16.2. The van der Waals surface area contributed by atoms with E-state index in [1.165, 1.54) is 34.0 Å². The highest BCUT2D eigenvalue weighted by atomic mass is 32.2. The molecule has 1 aliphatic rings. The van der Waals surface area contributed by atoms with Gasteiger partial charge in [-0.15, -0.1) is 0 Å². The maximum atomic E-state index is 15.0. The summed E-state index contributed by atoms with van der Waals surface area (Å²) in [5, 5.41) is 9.54. The molecule has 0 unspecified atom stereocenters. The smallest absolute Gasteiger partial charge is 0.410 e. The number of hydrogen-bond acceptors (Lipinski definition) is 8. The summed E-state index contributed by atoms with van der Waals surface area (Å²) in [6, 6.07) is 16.5. The first kappa shape index (κ1) is 35.3. The fraction of sp³-hybridized carbons (Fsp3) is 0.389. The summed E-state index contributed by atoms with van der Waals surface area (Å²) in [6.45, 7) is 6.28. The van der Waals surface area contributed by atoms with Crippen molar-refractivity contribution in [3.8, 4) is 17.6 Å². The van der Waals surface area contributed by atoms with Gasteiger partial charge in [-0.2, -0.15) is 5.26 Å². The number of carbonyl (C=O) groups is 1. The summed E-state index contributed by atoms with van der Waals surface area (Å²) in [5.74, 6) is -1.21. The highest BCUT2D eigenvalue weighted by Gasteiger charge is 2.30. The molecule has 0 bridgehead atoms. The molecule has 0 aliphatic heterocycles. The van der Waals surface area contributed by atoms with E-state index in [0.29, 0.717) is 44.3 Å². The minimum atomic E-state index is -3.78. The van der Waals surface area contributed by atoms with Crippen LogP contribution in [0.5, 0.6) is 11.5 Å². The van der Waals surface area contributed by atoms with Crippen LogP contribution in [0.25, 0.3) is 10.9 Å². The van der Waals surface area contributed by atoms with E-state index in [4.69, 9.17) is 9.47 Å². The highest BCUT2D eigenvalue weighted by Crippen LogP contribution is 2.35. The lowest BCUT2D eigenvalue weighted by atomic mass is 10.1.